The maximum absolute atomic E-state index is 12.6. The average Bonchev–Trinajstić information content (AvgIpc) is 3.21. The van der Waals surface area contributed by atoms with Crippen molar-refractivity contribution < 1.29 is 84.7 Å². The highest BCUT2D eigenvalue weighted by atomic mass is 16.7. The molecule has 0 spiro atoms. The molecule has 65 heavy (non-hydrogen) atoms. The summed E-state index contributed by atoms with van der Waals surface area (Å²) in [6.45, 7) is 6.78. The fraction of sp³-hybridized carbons (Fsp3) is 0.702. The molecule has 18 heteroatoms. The minimum absolute atomic E-state index is 0.138. The Morgan fingerprint density at radius 1 is 0.692 bits per heavy atom. The second kappa shape index (κ2) is 27.6. The van der Waals surface area contributed by atoms with E-state index >= 15 is 0 Å². The molecular formula is C47H75NO17. The predicted molar refractivity (Wildman–Crippen MR) is 237 cm³/mol. The van der Waals surface area contributed by atoms with Crippen LogP contribution >= 0.6 is 0 Å². The summed E-state index contributed by atoms with van der Waals surface area (Å²) in [4.78, 5) is 25.1. The molecule has 0 aromatic heterocycles. The quantitative estimate of drug-likeness (QED) is 0.175. The van der Waals surface area contributed by atoms with Crippen molar-refractivity contribution in [2.75, 3.05) is 0 Å². The third-order valence-electron chi connectivity index (χ3n) is 12.2. The molecule has 13 N–H and O–H groups in total. The number of allylic oxidation sites excluding steroid dienone is 10. The van der Waals surface area contributed by atoms with Gasteiger partial charge in [0.25, 0.3) is 0 Å². The summed E-state index contributed by atoms with van der Waals surface area (Å²) in [6.07, 6.45) is 2.28. The maximum Gasteiger partial charge on any atom is 0.311 e. The molecule has 3 aliphatic rings. The van der Waals surface area contributed by atoms with Crippen molar-refractivity contribution >= 4 is 11.9 Å². The number of aliphatic carboxylic acids is 1. The Bertz CT molecular complexity index is 1620. The summed E-state index contributed by atoms with van der Waals surface area (Å²) in [5, 5.41) is 118. The second-order valence-corrected chi connectivity index (χ2v) is 17.8. The first-order valence-corrected chi connectivity index (χ1v) is 22.6. The van der Waals surface area contributed by atoms with Gasteiger partial charge in [0.2, 0.25) is 0 Å². The summed E-state index contributed by atoms with van der Waals surface area (Å²) < 4.78 is 23.2. The highest BCUT2D eigenvalue weighted by Crippen LogP contribution is 2.38. The average molecular weight is 926 g/mol. The lowest BCUT2D eigenvalue weighted by Gasteiger charge is -2.45. The minimum Gasteiger partial charge on any atom is -0.481 e. The molecule has 0 radical (unpaired) electrons. The van der Waals surface area contributed by atoms with Crippen molar-refractivity contribution in [2.45, 2.75) is 189 Å². The molecule has 370 valence electrons. The number of cyclic esters (lactones) is 1. The molecule has 18 nitrogen and oxygen atoms in total. The van der Waals surface area contributed by atoms with E-state index in [1.54, 1.807) is 38.2 Å². The lowest BCUT2D eigenvalue weighted by atomic mass is 9.82. The number of ether oxygens (including phenoxy) is 4. The largest absolute Gasteiger partial charge is 0.481 e. The van der Waals surface area contributed by atoms with Gasteiger partial charge in [-0.3, -0.25) is 9.59 Å². The summed E-state index contributed by atoms with van der Waals surface area (Å²) in [7, 11) is 0. The van der Waals surface area contributed by atoms with Gasteiger partial charge in [-0.25, -0.2) is 0 Å². The monoisotopic (exact) mass is 926 g/mol. The molecule has 3 rings (SSSR count). The van der Waals surface area contributed by atoms with Crippen molar-refractivity contribution in [3.8, 4) is 0 Å². The molecule has 1 unspecified atom stereocenters. The summed E-state index contributed by atoms with van der Waals surface area (Å²) >= 11 is 0. The van der Waals surface area contributed by atoms with E-state index in [4.69, 9.17) is 24.7 Å². The fourth-order valence-electron chi connectivity index (χ4n) is 8.11. The van der Waals surface area contributed by atoms with Crippen molar-refractivity contribution in [1.29, 1.82) is 0 Å². The number of aliphatic hydroxyl groups is 10. The number of nitrogens with two attached hydrogens (primary N) is 1. The number of aliphatic hydroxyl groups excluding tert-OH is 9. The van der Waals surface area contributed by atoms with Crippen LogP contribution in [0, 0.1) is 17.8 Å². The van der Waals surface area contributed by atoms with Crippen LogP contribution in [-0.4, -0.2) is 166 Å². The first kappa shape index (κ1) is 56.1. The van der Waals surface area contributed by atoms with E-state index < -0.39 is 141 Å². The molecule has 0 aromatic carbocycles. The number of carbonyl (C=O) groups is 2. The molecule has 0 aliphatic carbocycles. The van der Waals surface area contributed by atoms with E-state index in [0.717, 1.165) is 12.8 Å². The van der Waals surface area contributed by atoms with Crippen molar-refractivity contribution in [3.05, 3.63) is 72.9 Å². The van der Waals surface area contributed by atoms with Crippen molar-refractivity contribution in [3.63, 3.8) is 0 Å². The van der Waals surface area contributed by atoms with Crippen LogP contribution in [0.2, 0.25) is 0 Å². The zero-order chi connectivity index (χ0) is 48.4. The van der Waals surface area contributed by atoms with E-state index in [-0.39, 0.29) is 38.0 Å². The molecule has 2 saturated heterocycles. The number of carbonyl (C=O) groups excluding carboxylic acids is 1. The Kier molecular flexibility index (Phi) is 23.8. The van der Waals surface area contributed by atoms with E-state index in [0.29, 0.717) is 0 Å². The number of carboxylic acids is 1. The highest BCUT2D eigenvalue weighted by molar-refractivity contribution is 5.71. The summed E-state index contributed by atoms with van der Waals surface area (Å²) in [5.41, 5.74) is 6.02. The van der Waals surface area contributed by atoms with E-state index in [2.05, 4.69) is 0 Å². The van der Waals surface area contributed by atoms with Crippen LogP contribution in [-0.2, 0) is 28.5 Å². The number of rotatable bonds is 3. The van der Waals surface area contributed by atoms with Gasteiger partial charge in [-0.1, -0.05) is 86.8 Å². The lowest BCUT2D eigenvalue weighted by molar-refractivity contribution is -0.310. The molecule has 19 atom stereocenters. The summed E-state index contributed by atoms with van der Waals surface area (Å²) in [6, 6.07) is -1.14. The van der Waals surface area contributed by atoms with Gasteiger partial charge < -0.3 is 80.9 Å². The molecule has 0 aromatic rings. The Hall–Kier alpha value is -3.18. The Morgan fingerprint density at radius 3 is 1.94 bits per heavy atom. The van der Waals surface area contributed by atoms with Gasteiger partial charge in [0, 0.05) is 31.1 Å². The Balaban J connectivity index is 1.84. The van der Waals surface area contributed by atoms with Crippen LogP contribution in [0.5, 0.6) is 0 Å². The van der Waals surface area contributed by atoms with Crippen LogP contribution < -0.4 is 5.73 Å². The smallest absolute Gasteiger partial charge is 0.311 e. The van der Waals surface area contributed by atoms with E-state index in [9.17, 15) is 65.8 Å². The number of carboxylic acid groups (broad SMARTS) is 1. The predicted octanol–water partition coefficient (Wildman–Crippen LogP) is 0.936. The van der Waals surface area contributed by atoms with Crippen LogP contribution in [0.15, 0.2) is 72.9 Å². The maximum atomic E-state index is 12.6. The topological polar surface area (TPSA) is 320 Å². The molecule has 0 amide bonds. The Morgan fingerprint density at radius 2 is 1.28 bits per heavy atom. The molecule has 0 saturated carbocycles. The molecular weight excluding hydrogens is 851 g/mol. The minimum atomic E-state index is -2.35. The van der Waals surface area contributed by atoms with Gasteiger partial charge >= 0.3 is 11.9 Å². The molecule has 3 heterocycles. The molecule has 3 aliphatic heterocycles. The third-order valence-corrected chi connectivity index (χ3v) is 12.2. The van der Waals surface area contributed by atoms with Gasteiger partial charge in [0.05, 0.1) is 79.6 Å². The second-order valence-electron chi connectivity index (χ2n) is 17.8. The van der Waals surface area contributed by atoms with Crippen molar-refractivity contribution in [2.24, 2.45) is 23.5 Å². The van der Waals surface area contributed by atoms with Gasteiger partial charge in [-0.05, 0) is 52.4 Å². The molecule has 2 fully saturated rings. The SMILES string of the molecule is C[C@@H]1[C@H](O)[C@@H](C)/C=C/C=C/CC/C=C/C=C/C=C/C=C/[C@H](OC2O[C@@H](C)[C@H](O)[C@@H](N)[C@H]2O)C[C@@H]2O[C@](O)(C[C@@H](O)[C@H](O)CC[C@@H](O)C[C@@H](O)C[C@@H](O)CC(=O)O[C@H]1C)C[C@H](O)[C@H]2C(=O)O. The zero-order valence-electron chi connectivity index (χ0n) is 37.8. The number of esters is 1. The van der Waals surface area contributed by atoms with Gasteiger partial charge in [0.1, 0.15) is 18.1 Å². The number of hydrogen-bond acceptors (Lipinski definition) is 17. The standard InChI is InChI=1S/C47H75NO17/c1-27-17-15-13-11-9-7-5-6-8-10-12-14-16-18-34(64-46-44(58)41(48)43(57)30(4)63-46)24-38-40(45(59)60)37(54)26-47(61,65-38)25-36(53)35(52)20-19-31(49)21-32(50)22-33(51)23-39(55)62-29(3)28(2)42(27)56/h5-6,8,10-18,27-38,40-44,46,49-54,56-58,61H,7,9,19-26,48H2,1-4H3,(H,59,60)/b6-5+,10-8+,13-11+,14-12+,17-15+,18-16+/t27-,28-,29-,30-,31+,32+,33+,34-,35+,36+,37-,38-,40+,41+,42+,43-,44+,46?,47+/m0/s1. The van der Waals surface area contributed by atoms with Gasteiger partial charge in [-0.15, -0.1) is 0 Å². The normalized spacial score (nSPS) is 45.2. The zero-order valence-corrected chi connectivity index (χ0v) is 37.8. The molecule has 2 bridgehead atoms. The van der Waals surface area contributed by atoms with Crippen molar-refractivity contribution in [1.82, 2.24) is 0 Å². The number of fused-ring (bicyclic) bond motifs is 2. The van der Waals surface area contributed by atoms with E-state index in [1.807, 2.05) is 49.5 Å². The van der Waals surface area contributed by atoms with Gasteiger partial charge in [-0.2, -0.15) is 0 Å². The fourth-order valence-corrected chi connectivity index (χ4v) is 8.11. The van der Waals surface area contributed by atoms with Gasteiger partial charge in [0.15, 0.2) is 12.1 Å². The first-order valence-electron chi connectivity index (χ1n) is 22.6. The first-order chi connectivity index (χ1) is 30.6. The van der Waals surface area contributed by atoms with E-state index in [1.165, 1.54) is 13.0 Å². The Labute approximate surface area is 381 Å². The van der Waals surface area contributed by atoms with Crippen LogP contribution in [0.25, 0.3) is 0 Å². The lowest BCUT2D eigenvalue weighted by Crippen LogP contribution is -2.61. The van der Waals surface area contributed by atoms with Crippen LogP contribution in [0.3, 0.4) is 0 Å². The van der Waals surface area contributed by atoms with Crippen LogP contribution in [0.1, 0.15) is 91.9 Å². The number of hydrogen-bond donors (Lipinski definition) is 12. The highest BCUT2D eigenvalue weighted by Gasteiger charge is 2.51. The summed E-state index contributed by atoms with van der Waals surface area (Å²) in [5.74, 6) is -6.82. The van der Waals surface area contributed by atoms with Crippen LogP contribution in [0.4, 0.5) is 0 Å². The third kappa shape index (κ3) is 18.8.